The normalized spacial score (nSPS) is 10.1. The lowest BCUT2D eigenvalue weighted by atomic mass is 10.1. The molecule has 0 atom stereocenters. The van der Waals surface area contributed by atoms with Crippen molar-refractivity contribution in [2.24, 2.45) is 5.73 Å². The Labute approximate surface area is 143 Å². The molecule has 0 saturated heterocycles. The number of halogens is 1. The second-order valence-corrected chi connectivity index (χ2v) is 4.76. The Balaban J connectivity index is 0.00000242. The summed E-state index contributed by atoms with van der Waals surface area (Å²) in [6.45, 7) is 2.37. The van der Waals surface area contributed by atoms with Crippen LogP contribution in [0.5, 0.6) is 5.75 Å². The first kappa shape index (κ1) is 18.4. The molecule has 0 aliphatic heterocycles. The fourth-order valence-electron chi connectivity index (χ4n) is 2.02. The van der Waals surface area contributed by atoms with Crippen LogP contribution in [0.3, 0.4) is 0 Å². The second kappa shape index (κ2) is 8.11. The summed E-state index contributed by atoms with van der Waals surface area (Å²) in [5, 5.41) is 2.52. The van der Waals surface area contributed by atoms with E-state index < -0.39 is 5.97 Å². The lowest BCUT2D eigenvalue weighted by Crippen LogP contribution is -3.00. The van der Waals surface area contributed by atoms with E-state index >= 15 is 0 Å². The van der Waals surface area contributed by atoms with Gasteiger partial charge in [-0.15, -0.1) is 0 Å². The first-order chi connectivity index (χ1) is 10.1. The Kier molecular flexibility index (Phi) is 6.79. The van der Waals surface area contributed by atoms with E-state index in [1.54, 1.807) is 37.5 Å². The summed E-state index contributed by atoms with van der Waals surface area (Å²) >= 11 is 4.82. The molecule has 1 heterocycles. The van der Waals surface area contributed by atoms with E-state index in [1.807, 2.05) is 0 Å². The van der Waals surface area contributed by atoms with E-state index in [1.165, 1.54) is 0 Å². The molecule has 0 aliphatic carbocycles. The largest absolute Gasteiger partial charge is 1.00 e. The van der Waals surface area contributed by atoms with Crippen LogP contribution in [-0.2, 0) is 11.3 Å². The molecule has 0 aliphatic rings. The molecular weight excluding hydrogens is 372 g/mol. The molecule has 0 amide bonds. The van der Waals surface area contributed by atoms with Crippen LogP contribution in [0.15, 0.2) is 22.6 Å². The highest BCUT2D eigenvalue weighted by Crippen LogP contribution is 2.29. The van der Waals surface area contributed by atoms with Gasteiger partial charge >= 0.3 is 5.97 Å². The zero-order valence-corrected chi connectivity index (χ0v) is 14.6. The van der Waals surface area contributed by atoms with Crippen molar-refractivity contribution in [2.45, 2.75) is 13.5 Å². The van der Waals surface area contributed by atoms with Crippen LogP contribution in [0.2, 0.25) is 0 Å². The Morgan fingerprint density at radius 1 is 1.45 bits per heavy atom. The number of hydrogen-bond donors (Lipinski definition) is 2. The number of quaternary nitrogens is 1. The van der Waals surface area contributed by atoms with Crippen molar-refractivity contribution in [3.05, 3.63) is 29.5 Å². The molecule has 1 aromatic heterocycles. The average Bonchev–Trinajstić information content (AvgIpc) is 2.82. The maximum absolute atomic E-state index is 12.2. The Bertz CT molecular complexity index is 687. The molecule has 6 nitrogen and oxygen atoms in total. The highest BCUT2D eigenvalue weighted by molar-refractivity contribution is 7.79. The van der Waals surface area contributed by atoms with Gasteiger partial charge in [0, 0.05) is 17.6 Å². The summed E-state index contributed by atoms with van der Waals surface area (Å²) in [6, 6.07) is 5.26. The van der Waals surface area contributed by atoms with Gasteiger partial charge in [-0.05, 0) is 25.1 Å². The summed E-state index contributed by atoms with van der Waals surface area (Å²) in [7, 11) is 1.56. The molecule has 2 aromatic rings. The van der Waals surface area contributed by atoms with Gasteiger partial charge in [0.05, 0.1) is 13.7 Å². The lowest BCUT2D eigenvalue weighted by Gasteiger charge is -2.03. The monoisotopic (exact) mass is 388 g/mol. The van der Waals surface area contributed by atoms with E-state index in [0.29, 0.717) is 34.6 Å². The zero-order chi connectivity index (χ0) is 15.4. The van der Waals surface area contributed by atoms with Gasteiger partial charge in [0.25, 0.3) is 5.11 Å². The van der Waals surface area contributed by atoms with Gasteiger partial charge in [0.1, 0.15) is 23.4 Å². The molecule has 0 fully saturated rings. The molecular formula is C14H17BrN2O4S. The fourth-order valence-corrected chi connectivity index (χ4v) is 2.10. The molecule has 2 rings (SSSR count). The van der Waals surface area contributed by atoms with E-state index in [-0.39, 0.29) is 28.7 Å². The number of carbonyl (C=O) groups excluding carboxylic acids is 1. The van der Waals surface area contributed by atoms with E-state index in [0.717, 1.165) is 0 Å². The average molecular weight is 389 g/mol. The van der Waals surface area contributed by atoms with Crippen molar-refractivity contribution in [1.29, 1.82) is 0 Å². The molecule has 8 heteroatoms. The molecule has 0 unspecified atom stereocenters. The van der Waals surface area contributed by atoms with Crippen LogP contribution in [0.4, 0.5) is 0 Å². The van der Waals surface area contributed by atoms with Crippen molar-refractivity contribution < 1.29 is 41.0 Å². The minimum absolute atomic E-state index is 0. The minimum Gasteiger partial charge on any atom is -1.00 e. The first-order valence-electron chi connectivity index (χ1n) is 6.46. The predicted molar refractivity (Wildman–Crippen MR) is 81.1 cm³/mol. The number of rotatable bonds is 5. The standard InChI is InChI=1S/C14H16N2O4S.BrH/c1-3-19-13(17)12-9-6-8(18-2)4-5-10(9)20-11(12)7-16-14(15)21;/h4-6H,3,7H2,1-2H3,(H3,15,16,21);1H. The smallest absolute Gasteiger partial charge is 0.342 e. The third-order valence-corrected chi connectivity index (χ3v) is 3.10. The van der Waals surface area contributed by atoms with Gasteiger partial charge in [-0.25, -0.2) is 4.79 Å². The molecule has 0 saturated carbocycles. The van der Waals surface area contributed by atoms with Gasteiger partial charge in [-0.1, -0.05) is 0 Å². The minimum atomic E-state index is -0.434. The molecule has 0 spiro atoms. The highest BCUT2D eigenvalue weighted by atomic mass is 79.9. The number of furan rings is 1. The third-order valence-electron chi connectivity index (χ3n) is 2.94. The van der Waals surface area contributed by atoms with Gasteiger partial charge in [-0.3, -0.25) is 5.32 Å². The summed E-state index contributed by atoms with van der Waals surface area (Å²) in [5.74, 6) is 0.680. The molecule has 4 N–H and O–H groups in total. The number of hydrogen-bond acceptors (Lipinski definition) is 5. The third kappa shape index (κ3) is 3.96. The van der Waals surface area contributed by atoms with Gasteiger partial charge in [-0.2, -0.15) is 0 Å². The van der Waals surface area contributed by atoms with E-state index in [4.69, 9.17) is 31.8 Å². The fraction of sp³-hybridized carbons (Fsp3) is 0.286. The van der Waals surface area contributed by atoms with Gasteiger partial charge < -0.3 is 36.6 Å². The van der Waals surface area contributed by atoms with Crippen LogP contribution >= 0.6 is 12.2 Å². The lowest BCUT2D eigenvalue weighted by molar-refractivity contribution is -0.557. The Morgan fingerprint density at radius 3 is 2.77 bits per heavy atom. The number of thiocarbonyl (C=S) groups is 1. The molecule has 22 heavy (non-hydrogen) atoms. The number of nitrogens with two attached hydrogens (primary N) is 2. The van der Waals surface area contributed by atoms with Crippen LogP contribution in [0.1, 0.15) is 23.0 Å². The van der Waals surface area contributed by atoms with E-state index in [9.17, 15) is 4.79 Å². The predicted octanol–water partition coefficient (Wildman–Crippen LogP) is -2.07. The van der Waals surface area contributed by atoms with Crippen LogP contribution < -0.4 is 32.8 Å². The van der Waals surface area contributed by atoms with E-state index in [2.05, 4.69) is 0 Å². The quantitative estimate of drug-likeness (QED) is 0.451. The van der Waals surface area contributed by atoms with Crippen molar-refractivity contribution in [3.63, 3.8) is 0 Å². The SMILES string of the molecule is CCOC(=O)c1c(C[NH2+]C(N)=S)oc2ccc(OC)cc12.[Br-]. The van der Waals surface area contributed by atoms with Crippen LogP contribution in [0, 0.1) is 0 Å². The van der Waals surface area contributed by atoms with Crippen LogP contribution in [0.25, 0.3) is 11.0 Å². The van der Waals surface area contributed by atoms with Crippen LogP contribution in [-0.4, -0.2) is 24.8 Å². The second-order valence-electron chi connectivity index (χ2n) is 4.29. The summed E-state index contributed by atoms with van der Waals surface area (Å²) in [5.41, 5.74) is 6.44. The summed E-state index contributed by atoms with van der Waals surface area (Å²) in [6.07, 6.45) is 0. The molecule has 0 radical (unpaired) electrons. The number of methoxy groups -OCH3 is 1. The number of esters is 1. The maximum Gasteiger partial charge on any atom is 0.342 e. The van der Waals surface area contributed by atoms with Crippen molar-refractivity contribution in [2.75, 3.05) is 13.7 Å². The highest BCUT2D eigenvalue weighted by Gasteiger charge is 2.23. The number of benzene rings is 1. The van der Waals surface area contributed by atoms with Crippen molar-refractivity contribution in [3.8, 4) is 5.75 Å². The molecule has 1 aromatic carbocycles. The van der Waals surface area contributed by atoms with Gasteiger partial charge in [0.15, 0.2) is 5.76 Å². The topological polar surface area (TPSA) is 91.3 Å². The van der Waals surface area contributed by atoms with Crippen molar-refractivity contribution >= 4 is 34.3 Å². The number of fused-ring (bicyclic) bond motifs is 1. The van der Waals surface area contributed by atoms with Gasteiger partial charge in [0.2, 0.25) is 0 Å². The molecule has 0 bridgehead atoms. The zero-order valence-electron chi connectivity index (χ0n) is 12.2. The number of carbonyl (C=O) groups is 1. The molecule has 120 valence electrons. The Morgan fingerprint density at radius 2 is 2.18 bits per heavy atom. The maximum atomic E-state index is 12.2. The number of ether oxygens (including phenoxy) is 2. The first-order valence-corrected chi connectivity index (χ1v) is 6.86. The Hall–Kier alpha value is -1.64. The summed E-state index contributed by atoms with van der Waals surface area (Å²) in [4.78, 5) is 12.2. The summed E-state index contributed by atoms with van der Waals surface area (Å²) < 4.78 is 16.0. The van der Waals surface area contributed by atoms with Crippen molar-refractivity contribution in [1.82, 2.24) is 0 Å².